The molecule has 0 radical (unpaired) electrons. The van der Waals surface area contributed by atoms with E-state index in [0.717, 1.165) is 0 Å². The Morgan fingerprint density at radius 1 is 1.00 bits per heavy atom. The summed E-state index contributed by atoms with van der Waals surface area (Å²) >= 11 is 5.74. The normalized spacial score (nSPS) is 10.2. The van der Waals surface area contributed by atoms with Crippen LogP contribution >= 0.6 is 11.6 Å². The number of carbonyl (C=O) groups is 2. The number of hydrogen-bond acceptors (Lipinski definition) is 4. The Kier molecular flexibility index (Phi) is 3.43. The van der Waals surface area contributed by atoms with Crippen molar-refractivity contribution in [3.63, 3.8) is 0 Å². The molecule has 1 aromatic carbocycles. The molecule has 0 fully saturated rings. The van der Waals surface area contributed by atoms with Gasteiger partial charge in [-0.15, -0.1) is 0 Å². The van der Waals surface area contributed by atoms with Crippen molar-refractivity contribution in [1.82, 2.24) is 9.97 Å². The molecule has 2 N–H and O–H groups in total. The number of aromatic nitrogens is 2. The molecule has 6 nitrogen and oxygen atoms in total. The molecule has 1 heterocycles. The zero-order valence-corrected chi connectivity index (χ0v) is 10.1. The Morgan fingerprint density at radius 2 is 1.58 bits per heavy atom. The molecule has 7 heteroatoms. The zero-order chi connectivity index (χ0) is 14.0. The Hall–Kier alpha value is -2.47. The number of nitrogens with zero attached hydrogens (tertiary/aromatic N) is 2. The van der Waals surface area contributed by atoms with E-state index in [1.54, 1.807) is 24.3 Å². The monoisotopic (exact) mass is 278 g/mol. The van der Waals surface area contributed by atoms with Crippen LogP contribution < -0.4 is 0 Å². The van der Waals surface area contributed by atoms with Crippen LogP contribution in [0.25, 0.3) is 11.3 Å². The highest BCUT2D eigenvalue weighted by molar-refractivity contribution is 6.30. The van der Waals surface area contributed by atoms with Gasteiger partial charge in [-0.2, -0.15) is 0 Å². The Labute approximate surface area is 112 Å². The van der Waals surface area contributed by atoms with Crippen LogP contribution in [0.4, 0.5) is 0 Å². The molecule has 0 aliphatic rings. The van der Waals surface area contributed by atoms with Crippen molar-refractivity contribution in [2.45, 2.75) is 0 Å². The van der Waals surface area contributed by atoms with Crippen molar-refractivity contribution in [2.75, 3.05) is 0 Å². The fraction of sp³-hybridized carbons (Fsp3) is 0. The number of halogens is 1. The van der Waals surface area contributed by atoms with Gasteiger partial charge < -0.3 is 10.2 Å². The average molecular weight is 279 g/mol. The maximum absolute atomic E-state index is 11.0. The lowest BCUT2D eigenvalue weighted by Crippen LogP contribution is -2.13. The highest BCUT2D eigenvalue weighted by Crippen LogP contribution is 2.20. The predicted molar refractivity (Wildman–Crippen MR) is 66.4 cm³/mol. The van der Waals surface area contributed by atoms with Crippen LogP contribution in [0.5, 0.6) is 0 Å². The van der Waals surface area contributed by atoms with Gasteiger partial charge in [0.15, 0.2) is 11.4 Å². The van der Waals surface area contributed by atoms with Crippen molar-refractivity contribution in [3.05, 3.63) is 46.9 Å². The number of carboxylic acids is 2. The van der Waals surface area contributed by atoms with Crippen molar-refractivity contribution < 1.29 is 19.8 Å². The van der Waals surface area contributed by atoms with Crippen molar-refractivity contribution in [3.8, 4) is 11.3 Å². The molecular formula is C12H7ClN2O4. The number of carboxylic acid groups (broad SMARTS) is 2. The summed E-state index contributed by atoms with van der Waals surface area (Å²) < 4.78 is 0. The first kappa shape index (κ1) is 13.0. The van der Waals surface area contributed by atoms with Gasteiger partial charge in [0.1, 0.15) is 0 Å². The van der Waals surface area contributed by atoms with Gasteiger partial charge in [0, 0.05) is 10.6 Å². The molecule has 19 heavy (non-hydrogen) atoms. The smallest absolute Gasteiger partial charge is 0.357 e. The molecule has 2 aromatic rings. The van der Waals surface area contributed by atoms with Crippen LogP contribution in [0.3, 0.4) is 0 Å². The highest BCUT2D eigenvalue weighted by atomic mass is 35.5. The SMILES string of the molecule is O=C(O)c1ncc(-c2ccc(Cl)cc2)nc1C(=O)O. The minimum Gasteiger partial charge on any atom is -0.476 e. The number of hydrogen-bond donors (Lipinski definition) is 2. The summed E-state index contributed by atoms with van der Waals surface area (Å²) in [7, 11) is 0. The van der Waals surface area contributed by atoms with E-state index in [-0.39, 0.29) is 5.69 Å². The fourth-order valence-corrected chi connectivity index (χ4v) is 1.58. The van der Waals surface area contributed by atoms with Gasteiger partial charge in [-0.3, -0.25) is 0 Å². The van der Waals surface area contributed by atoms with E-state index in [1.807, 2.05) is 0 Å². The second-order valence-electron chi connectivity index (χ2n) is 3.57. The first-order valence-electron chi connectivity index (χ1n) is 5.08. The van der Waals surface area contributed by atoms with Gasteiger partial charge in [-0.25, -0.2) is 19.6 Å². The minimum atomic E-state index is -1.44. The number of rotatable bonds is 3. The Balaban J connectivity index is 2.55. The lowest BCUT2D eigenvalue weighted by atomic mass is 10.1. The second kappa shape index (κ2) is 5.03. The molecule has 0 amide bonds. The lowest BCUT2D eigenvalue weighted by Gasteiger charge is -2.04. The molecule has 0 saturated carbocycles. The molecule has 0 saturated heterocycles. The first-order valence-corrected chi connectivity index (χ1v) is 5.46. The maximum atomic E-state index is 11.0. The van der Waals surface area contributed by atoms with Gasteiger partial charge in [-0.1, -0.05) is 23.7 Å². The van der Waals surface area contributed by atoms with E-state index in [2.05, 4.69) is 9.97 Å². The molecule has 0 unspecified atom stereocenters. The lowest BCUT2D eigenvalue weighted by molar-refractivity contribution is 0.0641. The second-order valence-corrected chi connectivity index (χ2v) is 4.01. The molecule has 1 aromatic heterocycles. The summed E-state index contributed by atoms with van der Waals surface area (Å²) in [5, 5.41) is 18.3. The van der Waals surface area contributed by atoms with Crippen LogP contribution in [0.2, 0.25) is 5.02 Å². The van der Waals surface area contributed by atoms with Gasteiger partial charge in [0.05, 0.1) is 11.9 Å². The van der Waals surface area contributed by atoms with E-state index >= 15 is 0 Å². The molecule has 0 spiro atoms. The van der Waals surface area contributed by atoms with E-state index in [0.29, 0.717) is 10.6 Å². The number of benzene rings is 1. The minimum absolute atomic E-state index is 0.263. The van der Waals surface area contributed by atoms with E-state index in [4.69, 9.17) is 21.8 Å². The van der Waals surface area contributed by atoms with Gasteiger partial charge in [0.2, 0.25) is 0 Å². The van der Waals surface area contributed by atoms with Crippen molar-refractivity contribution >= 4 is 23.5 Å². The van der Waals surface area contributed by atoms with Gasteiger partial charge in [0.25, 0.3) is 0 Å². The summed E-state index contributed by atoms with van der Waals surface area (Å²) in [5.41, 5.74) is -0.333. The third-order valence-corrected chi connectivity index (χ3v) is 2.57. The first-order chi connectivity index (χ1) is 8.99. The topological polar surface area (TPSA) is 100 Å². The molecule has 0 aliphatic heterocycles. The van der Waals surface area contributed by atoms with Gasteiger partial charge >= 0.3 is 11.9 Å². The molecule has 0 aliphatic carbocycles. The molecule has 0 bridgehead atoms. The van der Waals surface area contributed by atoms with Crippen LogP contribution in [-0.4, -0.2) is 32.1 Å². The zero-order valence-electron chi connectivity index (χ0n) is 9.37. The van der Waals surface area contributed by atoms with Crippen LogP contribution in [0.15, 0.2) is 30.5 Å². The molecule has 2 rings (SSSR count). The van der Waals surface area contributed by atoms with Crippen LogP contribution in [0, 0.1) is 0 Å². The summed E-state index contributed by atoms with van der Waals surface area (Å²) in [6.07, 6.45) is 1.21. The van der Waals surface area contributed by atoms with E-state index in [9.17, 15) is 9.59 Å². The summed E-state index contributed by atoms with van der Waals surface area (Å²) in [4.78, 5) is 29.2. The maximum Gasteiger partial charge on any atom is 0.357 e. The Bertz CT molecular complexity index is 655. The van der Waals surface area contributed by atoms with E-state index in [1.165, 1.54) is 6.20 Å². The highest BCUT2D eigenvalue weighted by Gasteiger charge is 2.20. The standard InChI is InChI=1S/C12H7ClN2O4/c13-7-3-1-6(2-4-7)8-5-14-9(11(16)17)10(15-8)12(18)19/h1-5H,(H,16,17)(H,18,19). The number of aromatic carboxylic acids is 2. The fourth-order valence-electron chi connectivity index (χ4n) is 1.45. The Morgan fingerprint density at radius 3 is 2.11 bits per heavy atom. The molecule has 96 valence electrons. The third kappa shape index (κ3) is 2.69. The van der Waals surface area contributed by atoms with E-state index < -0.39 is 23.3 Å². The summed E-state index contributed by atoms with van der Waals surface area (Å²) in [6.45, 7) is 0. The quantitative estimate of drug-likeness (QED) is 0.892. The van der Waals surface area contributed by atoms with Crippen LogP contribution in [-0.2, 0) is 0 Å². The molecular weight excluding hydrogens is 272 g/mol. The van der Waals surface area contributed by atoms with Crippen molar-refractivity contribution in [1.29, 1.82) is 0 Å². The summed E-state index contributed by atoms with van der Waals surface area (Å²) in [6, 6.07) is 6.51. The largest absolute Gasteiger partial charge is 0.476 e. The average Bonchev–Trinajstić information content (AvgIpc) is 2.38. The van der Waals surface area contributed by atoms with Gasteiger partial charge in [-0.05, 0) is 12.1 Å². The van der Waals surface area contributed by atoms with Crippen LogP contribution in [0.1, 0.15) is 21.0 Å². The predicted octanol–water partition coefficient (Wildman–Crippen LogP) is 2.19. The molecule has 0 atom stereocenters. The summed E-state index contributed by atoms with van der Waals surface area (Å²) in [5.74, 6) is -2.88. The van der Waals surface area contributed by atoms with Crippen molar-refractivity contribution in [2.24, 2.45) is 0 Å². The third-order valence-electron chi connectivity index (χ3n) is 2.32.